The molecule has 9 heteroatoms. The second-order valence-electron chi connectivity index (χ2n) is 5.92. The lowest BCUT2D eigenvalue weighted by Gasteiger charge is -2.08. The standard InChI is InChI=1S/C19H15N5O4/c20-8-11-4-5-15-14(7-11)17(25)24-16(23-15)18(26)21-9-12-2-1-3-13(6-12)10-22-19(27)28/h1-7,22H,9-10H2,(H,21,26)(H,27,28)(H,23,24,25). The molecule has 2 amide bonds. The Morgan fingerprint density at radius 1 is 1.11 bits per heavy atom. The second-order valence-corrected chi connectivity index (χ2v) is 5.92. The van der Waals surface area contributed by atoms with Gasteiger partial charge in [-0.15, -0.1) is 0 Å². The van der Waals surface area contributed by atoms with Crippen molar-refractivity contribution in [2.24, 2.45) is 0 Å². The summed E-state index contributed by atoms with van der Waals surface area (Å²) in [5, 5.41) is 22.7. The Kier molecular flexibility index (Phi) is 5.32. The number of aromatic nitrogens is 2. The number of hydrogen-bond donors (Lipinski definition) is 4. The molecule has 3 rings (SSSR count). The summed E-state index contributed by atoms with van der Waals surface area (Å²) in [6.45, 7) is 0.330. The molecule has 2 aromatic carbocycles. The molecule has 0 bridgehead atoms. The molecule has 3 aromatic rings. The molecule has 0 unspecified atom stereocenters. The van der Waals surface area contributed by atoms with Crippen molar-refractivity contribution in [1.82, 2.24) is 20.6 Å². The highest BCUT2D eigenvalue weighted by Gasteiger charge is 2.12. The van der Waals surface area contributed by atoms with E-state index in [1.54, 1.807) is 24.3 Å². The summed E-state index contributed by atoms with van der Waals surface area (Å²) in [5.74, 6) is -0.691. The van der Waals surface area contributed by atoms with Crippen LogP contribution in [-0.4, -0.2) is 27.1 Å². The SMILES string of the molecule is N#Cc1ccc2nc(C(=O)NCc3cccc(CNC(=O)O)c3)[nH]c(=O)c2c1. The lowest BCUT2D eigenvalue weighted by Crippen LogP contribution is -2.27. The van der Waals surface area contributed by atoms with Crippen molar-refractivity contribution in [3.8, 4) is 6.07 Å². The summed E-state index contributed by atoms with van der Waals surface area (Å²) in [7, 11) is 0. The number of benzene rings is 2. The molecule has 0 aliphatic carbocycles. The van der Waals surface area contributed by atoms with Gasteiger partial charge in [-0.1, -0.05) is 24.3 Å². The van der Waals surface area contributed by atoms with Gasteiger partial charge in [0.1, 0.15) is 0 Å². The molecule has 0 atom stereocenters. The van der Waals surface area contributed by atoms with Gasteiger partial charge in [0.25, 0.3) is 11.5 Å². The Balaban J connectivity index is 1.73. The third-order valence-electron chi connectivity index (χ3n) is 3.94. The number of H-pyrrole nitrogens is 1. The smallest absolute Gasteiger partial charge is 0.404 e. The summed E-state index contributed by atoms with van der Waals surface area (Å²) in [6, 6.07) is 13.5. The normalized spacial score (nSPS) is 10.2. The van der Waals surface area contributed by atoms with Gasteiger partial charge in [-0.05, 0) is 29.3 Å². The van der Waals surface area contributed by atoms with Gasteiger partial charge in [0.05, 0.1) is 22.5 Å². The first-order valence-electron chi connectivity index (χ1n) is 8.23. The van der Waals surface area contributed by atoms with E-state index in [0.29, 0.717) is 11.1 Å². The van der Waals surface area contributed by atoms with Gasteiger partial charge in [0.15, 0.2) is 5.82 Å². The van der Waals surface area contributed by atoms with Crippen LogP contribution >= 0.6 is 0 Å². The first-order chi connectivity index (χ1) is 13.5. The second kappa shape index (κ2) is 8.01. The molecule has 4 N–H and O–H groups in total. The van der Waals surface area contributed by atoms with Crippen LogP contribution in [0.25, 0.3) is 10.9 Å². The zero-order valence-electron chi connectivity index (χ0n) is 14.5. The fourth-order valence-corrected chi connectivity index (χ4v) is 2.61. The zero-order chi connectivity index (χ0) is 20.1. The Hall–Kier alpha value is -4.19. The number of hydrogen-bond acceptors (Lipinski definition) is 5. The summed E-state index contributed by atoms with van der Waals surface area (Å²) >= 11 is 0. The average molecular weight is 377 g/mol. The monoisotopic (exact) mass is 377 g/mol. The van der Waals surface area contributed by atoms with Gasteiger partial charge in [-0.3, -0.25) is 9.59 Å². The number of nitrogens with one attached hydrogen (secondary N) is 3. The lowest BCUT2D eigenvalue weighted by molar-refractivity contribution is 0.0940. The first-order valence-corrected chi connectivity index (χ1v) is 8.23. The molecule has 140 valence electrons. The lowest BCUT2D eigenvalue weighted by atomic mass is 10.1. The van der Waals surface area contributed by atoms with Crippen LogP contribution < -0.4 is 16.2 Å². The highest BCUT2D eigenvalue weighted by Crippen LogP contribution is 2.10. The zero-order valence-corrected chi connectivity index (χ0v) is 14.5. The number of aromatic amines is 1. The van der Waals surface area contributed by atoms with Crippen LogP contribution in [0.15, 0.2) is 47.3 Å². The number of fused-ring (bicyclic) bond motifs is 1. The maximum Gasteiger partial charge on any atom is 0.404 e. The van der Waals surface area contributed by atoms with Crippen molar-refractivity contribution in [3.63, 3.8) is 0 Å². The summed E-state index contributed by atoms with van der Waals surface area (Å²) in [5.41, 5.74) is 1.65. The number of carbonyl (C=O) groups is 2. The molecule has 0 fully saturated rings. The number of amides is 2. The highest BCUT2D eigenvalue weighted by molar-refractivity contribution is 5.92. The predicted molar refractivity (Wildman–Crippen MR) is 99.6 cm³/mol. The van der Waals surface area contributed by atoms with Crippen LogP contribution in [0.3, 0.4) is 0 Å². The predicted octanol–water partition coefficient (Wildman–Crippen LogP) is 1.49. The van der Waals surface area contributed by atoms with Crippen molar-refractivity contribution in [2.75, 3.05) is 0 Å². The van der Waals surface area contributed by atoms with Gasteiger partial charge in [-0.2, -0.15) is 5.26 Å². The van der Waals surface area contributed by atoms with Crippen LogP contribution in [0.4, 0.5) is 4.79 Å². The third-order valence-corrected chi connectivity index (χ3v) is 3.94. The Labute approximate surface area is 158 Å². The molecule has 0 saturated heterocycles. The number of nitrogens with zero attached hydrogens (tertiary/aromatic N) is 2. The average Bonchev–Trinajstić information content (AvgIpc) is 2.70. The minimum Gasteiger partial charge on any atom is -0.465 e. The fourth-order valence-electron chi connectivity index (χ4n) is 2.61. The van der Waals surface area contributed by atoms with Gasteiger partial charge in [0.2, 0.25) is 0 Å². The summed E-state index contributed by atoms with van der Waals surface area (Å²) in [6.07, 6.45) is -1.12. The number of rotatable bonds is 5. The topological polar surface area (TPSA) is 148 Å². The van der Waals surface area contributed by atoms with Crippen molar-refractivity contribution < 1.29 is 14.7 Å². The van der Waals surface area contributed by atoms with Crippen LogP contribution in [0, 0.1) is 11.3 Å². The number of carboxylic acid groups (broad SMARTS) is 1. The number of nitriles is 1. The molecule has 9 nitrogen and oxygen atoms in total. The molecule has 0 aliphatic rings. The molecule has 0 saturated carbocycles. The highest BCUT2D eigenvalue weighted by atomic mass is 16.4. The number of carbonyl (C=O) groups excluding carboxylic acids is 1. The molecular formula is C19H15N5O4. The van der Waals surface area contributed by atoms with E-state index < -0.39 is 17.6 Å². The van der Waals surface area contributed by atoms with E-state index in [1.165, 1.54) is 18.2 Å². The summed E-state index contributed by atoms with van der Waals surface area (Å²) < 4.78 is 0. The van der Waals surface area contributed by atoms with Gasteiger partial charge < -0.3 is 20.7 Å². The molecule has 28 heavy (non-hydrogen) atoms. The van der Waals surface area contributed by atoms with Gasteiger partial charge >= 0.3 is 6.09 Å². The minimum absolute atomic E-state index is 0.133. The van der Waals surface area contributed by atoms with Crippen molar-refractivity contribution in [3.05, 3.63) is 75.3 Å². The van der Waals surface area contributed by atoms with Crippen LogP contribution in [0.1, 0.15) is 27.3 Å². The van der Waals surface area contributed by atoms with Crippen LogP contribution in [0.2, 0.25) is 0 Å². The maximum atomic E-state index is 12.4. The Morgan fingerprint density at radius 2 is 1.82 bits per heavy atom. The van der Waals surface area contributed by atoms with E-state index in [1.807, 2.05) is 6.07 Å². The molecule has 0 radical (unpaired) electrons. The molecule has 1 heterocycles. The fraction of sp³-hybridized carbons (Fsp3) is 0.105. The van der Waals surface area contributed by atoms with E-state index in [9.17, 15) is 14.4 Å². The Bertz CT molecular complexity index is 1160. The molecule has 0 spiro atoms. The van der Waals surface area contributed by atoms with E-state index >= 15 is 0 Å². The largest absolute Gasteiger partial charge is 0.465 e. The quantitative estimate of drug-likeness (QED) is 0.529. The van der Waals surface area contributed by atoms with Crippen LogP contribution in [0.5, 0.6) is 0 Å². The van der Waals surface area contributed by atoms with Gasteiger partial charge in [0, 0.05) is 13.1 Å². The minimum atomic E-state index is -1.12. The van der Waals surface area contributed by atoms with E-state index in [4.69, 9.17) is 10.4 Å². The van der Waals surface area contributed by atoms with Crippen molar-refractivity contribution in [1.29, 1.82) is 5.26 Å². The molecular weight excluding hydrogens is 362 g/mol. The van der Waals surface area contributed by atoms with Crippen molar-refractivity contribution in [2.45, 2.75) is 13.1 Å². The Morgan fingerprint density at radius 3 is 2.50 bits per heavy atom. The first kappa shape index (κ1) is 18.6. The van der Waals surface area contributed by atoms with E-state index in [-0.39, 0.29) is 24.3 Å². The molecule has 1 aromatic heterocycles. The van der Waals surface area contributed by atoms with Crippen molar-refractivity contribution >= 4 is 22.9 Å². The van der Waals surface area contributed by atoms with E-state index in [0.717, 1.165) is 11.1 Å². The summed E-state index contributed by atoms with van der Waals surface area (Å²) in [4.78, 5) is 41.7. The van der Waals surface area contributed by atoms with E-state index in [2.05, 4.69) is 20.6 Å². The maximum absolute atomic E-state index is 12.4. The van der Waals surface area contributed by atoms with Crippen LogP contribution in [-0.2, 0) is 13.1 Å². The van der Waals surface area contributed by atoms with Gasteiger partial charge in [-0.25, -0.2) is 9.78 Å². The third kappa shape index (κ3) is 4.31. The molecule has 0 aliphatic heterocycles.